The second-order valence-electron chi connectivity index (χ2n) is 6.78. The van der Waals surface area contributed by atoms with Crippen LogP contribution in [0.3, 0.4) is 0 Å². The van der Waals surface area contributed by atoms with Gasteiger partial charge >= 0.3 is 0 Å². The molecule has 0 radical (unpaired) electrons. The van der Waals surface area contributed by atoms with E-state index in [1.54, 1.807) is 53.7 Å². The Balaban J connectivity index is 3.72. The van der Waals surface area contributed by atoms with Gasteiger partial charge in [-0.15, -0.1) is 0 Å². The van der Waals surface area contributed by atoms with Crippen LogP contribution in [-0.4, -0.2) is 22.4 Å². The van der Waals surface area contributed by atoms with Crippen LogP contribution in [0.5, 0.6) is 5.75 Å². The van der Waals surface area contributed by atoms with Gasteiger partial charge in [-0.05, 0) is 64.8 Å². The van der Waals surface area contributed by atoms with Crippen LogP contribution in [-0.2, 0) is 16.8 Å². The second-order valence-corrected chi connectivity index (χ2v) is 6.78. The Morgan fingerprint density at radius 3 is 1.35 bits per heavy atom. The SMILES string of the molecule is COc1cc(C(C)(C)O)c(C(C)(C)O)cc1C(C)(C)O. The molecule has 0 unspecified atom stereocenters. The molecular formula is C16H26O4. The maximum absolute atomic E-state index is 10.4. The minimum absolute atomic E-state index is 0.489. The predicted molar refractivity (Wildman–Crippen MR) is 78.7 cm³/mol. The molecule has 0 atom stereocenters. The van der Waals surface area contributed by atoms with Gasteiger partial charge in [-0.3, -0.25) is 0 Å². The summed E-state index contributed by atoms with van der Waals surface area (Å²) in [5, 5.41) is 30.9. The van der Waals surface area contributed by atoms with Gasteiger partial charge in [0.2, 0.25) is 0 Å². The third-order valence-corrected chi connectivity index (χ3v) is 3.32. The molecule has 0 bridgehead atoms. The first-order chi connectivity index (χ1) is 8.78. The van der Waals surface area contributed by atoms with E-state index >= 15 is 0 Å². The Kier molecular flexibility index (Phi) is 4.26. The summed E-state index contributed by atoms with van der Waals surface area (Å²) in [7, 11) is 1.52. The smallest absolute Gasteiger partial charge is 0.125 e. The van der Waals surface area contributed by atoms with Crippen LogP contribution in [0, 0.1) is 0 Å². The van der Waals surface area contributed by atoms with Crippen LogP contribution in [0.4, 0.5) is 0 Å². The third kappa shape index (κ3) is 3.51. The Bertz CT molecular complexity index is 485. The number of hydrogen-bond acceptors (Lipinski definition) is 4. The Morgan fingerprint density at radius 2 is 1.05 bits per heavy atom. The molecule has 0 aliphatic heterocycles. The minimum Gasteiger partial charge on any atom is -0.496 e. The molecule has 4 heteroatoms. The topological polar surface area (TPSA) is 69.9 Å². The van der Waals surface area contributed by atoms with Gasteiger partial charge in [0.05, 0.1) is 23.9 Å². The molecule has 20 heavy (non-hydrogen) atoms. The van der Waals surface area contributed by atoms with E-state index in [1.807, 2.05) is 0 Å². The lowest BCUT2D eigenvalue weighted by Gasteiger charge is -2.31. The van der Waals surface area contributed by atoms with E-state index in [9.17, 15) is 15.3 Å². The van der Waals surface area contributed by atoms with Crippen molar-refractivity contribution in [3.05, 3.63) is 28.8 Å². The lowest BCUT2D eigenvalue weighted by Crippen LogP contribution is -2.28. The van der Waals surface area contributed by atoms with Crippen molar-refractivity contribution in [1.29, 1.82) is 0 Å². The molecule has 1 aromatic rings. The molecule has 3 N–H and O–H groups in total. The van der Waals surface area contributed by atoms with Crippen LogP contribution in [0.25, 0.3) is 0 Å². The maximum atomic E-state index is 10.4. The first-order valence-electron chi connectivity index (χ1n) is 6.69. The van der Waals surface area contributed by atoms with E-state index in [4.69, 9.17) is 4.74 Å². The molecule has 0 heterocycles. The van der Waals surface area contributed by atoms with Gasteiger partial charge in [0.1, 0.15) is 5.75 Å². The number of methoxy groups -OCH3 is 1. The van der Waals surface area contributed by atoms with Crippen LogP contribution >= 0.6 is 0 Å². The monoisotopic (exact) mass is 282 g/mol. The van der Waals surface area contributed by atoms with Crippen molar-refractivity contribution in [2.45, 2.75) is 58.3 Å². The third-order valence-electron chi connectivity index (χ3n) is 3.32. The average molecular weight is 282 g/mol. The quantitative estimate of drug-likeness (QED) is 0.793. The highest BCUT2D eigenvalue weighted by Crippen LogP contribution is 2.39. The van der Waals surface area contributed by atoms with E-state index in [2.05, 4.69) is 0 Å². The first kappa shape index (κ1) is 17.0. The summed E-state index contributed by atoms with van der Waals surface area (Å²) < 4.78 is 5.32. The first-order valence-corrected chi connectivity index (χ1v) is 6.69. The molecule has 4 nitrogen and oxygen atoms in total. The average Bonchev–Trinajstić information content (AvgIpc) is 2.23. The largest absolute Gasteiger partial charge is 0.496 e. The molecule has 0 aliphatic carbocycles. The van der Waals surface area contributed by atoms with Crippen molar-refractivity contribution in [2.24, 2.45) is 0 Å². The molecule has 0 saturated carbocycles. The highest BCUT2D eigenvalue weighted by molar-refractivity contribution is 5.49. The van der Waals surface area contributed by atoms with Crippen molar-refractivity contribution in [3.8, 4) is 5.75 Å². The van der Waals surface area contributed by atoms with E-state index < -0.39 is 16.8 Å². The molecule has 0 aliphatic rings. The summed E-state index contributed by atoms with van der Waals surface area (Å²) in [5.74, 6) is 0.489. The van der Waals surface area contributed by atoms with Crippen molar-refractivity contribution >= 4 is 0 Å². The fraction of sp³-hybridized carbons (Fsp3) is 0.625. The normalized spacial score (nSPS) is 13.5. The van der Waals surface area contributed by atoms with Gasteiger partial charge in [-0.25, -0.2) is 0 Å². The molecule has 1 aromatic carbocycles. The molecule has 0 spiro atoms. The van der Waals surface area contributed by atoms with Gasteiger partial charge in [-0.2, -0.15) is 0 Å². The van der Waals surface area contributed by atoms with Crippen LogP contribution in [0.2, 0.25) is 0 Å². The lowest BCUT2D eigenvalue weighted by atomic mass is 9.81. The van der Waals surface area contributed by atoms with E-state index in [0.717, 1.165) is 0 Å². The fourth-order valence-corrected chi connectivity index (χ4v) is 2.24. The van der Waals surface area contributed by atoms with Crippen LogP contribution in [0.15, 0.2) is 12.1 Å². The Hall–Kier alpha value is -1.10. The molecular weight excluding hydrogens is 256 g/mol. The summed E-state index contributed by atoms with van der Waals surface area (Å²) in [6.07, 6.45) is 0. The summed E-state index contributed by atoms with van der Waals surface area (Å²) >= 11 is 0. The molecule has 0 saturated heterocycles. The second kappa shape index (κ2) is 5.02. The summed E-state index contributed by atoms with van der Waals surface area (Å²) in [4.78, 5) is 0. The van der Waals surface area contributed by atoms with Gasteiger partial charge in [0, 0.05) is 5.56 Å². The number of aliphatic hydroxyl groups is 3. The van der Waals surface area contributed by atoms with Crippen molar-refractivity contribution < 1.29 is 20.1 Å². The van der Waals surface area contributed by atoms with E-state index in [0.29, 0.717) is 22.4 Å². The zero-order valence-electron chi connectivity index (χ0n) is 13.4. The summed E-state index contributed by atoms with van der Waals surface area (Å²) in [6.45, 7) is 9.92. The Labute approximate surface area is 121 Å². The zero-order valence-corrected chi connectivity index (χ0v) is 13.4. The number of rotatable bonds is 4. The predicted octanol–water partition coefficient (Wildman–Crippen LogP) is 2.38. The van der Waals surface area contributed by atoms with Crippen molar-refractivity contribution in [3.63, 3.8) is 0 Å². The molecule has 114 valence electrons. The molecule has 1 rings (SSSR count). The van der Waals surface area contributed by atoms with Gasteiger partial charge in [-0.1, -0.05) is 0 Å². The van der Waals surface area contributed by atoms with Crippen molar-refractivity contribution in [1.82, 2.24) is 0 Å². The molecule has 0 aromatic heterocycles. The molecule has 0 amide bonds. The highest BCUT2D eigenvalue weighted by Gasteiger charge is 2.32. The number of hydrogen-bond donors (Lipinski definition) is 3. The van der Waals surface area contributed by atoms with Crippen LogP contribution < -0.4 is 4.74 Å². The molecule has 0 fully saturated rings. The van der Waals surface area contributed by atoms with Crippen LogP contribution in [0.1, 0.15) is 58.2 Å². The number of ether oxygens (including phenoxy) is 1. The van der Waals surface area contributed by atoms with Gasteiger partial charge in [0.15, 0.2) is 0 Å². The lowest BCUT2D eigenvalue weighted by molar-refractivity contribution is 0.0495. The van der Waals surface area contributed by atoms with E-state index in [1.165, 1.54) is 7.11 Å². The summed E-state index contributed by atoms with van der Waals surface area (Å²) in [5.41, 5.74) is -1.64. The maximum Gasteiger partial charge on any atom is 0.125 e. The van der Waals surface area contributed by atoms with Crippen molar-refractivity contribution in [2.75, 3.05) is 7.11 Å². The summed E-state index contributed by atoms with van der Waals surface area (Å²) in [6, 6.07) is 3.38. The highest BCUT2D eigenvalue weighted by atomic mass is 16.5. The Morgan fingerprint density at radius 1 is 0.700 bits per heavy atom. The van der Waals surface area contributed by atoms with Gasteiger partial charge in [0.25, 0.3) is 0 Å². The number of benzene rings is 1. The fourth-order valence-electron chi connectivity index (χ4n) is 2.24. The van der Waals surface area contributed by atoms with Gasteiger partial charge < -0.3 is 20.1 Å². The minimum atomic E-state index is -1.14. The van der Waals surface area contributed by atoms with E-state index in [-0.39, 0.29) is 0 Å². The zero-order chi connectivity index (χ0) is 15.9. The standard InChI is InChI=1S/C16H26O4/c1-14(2,17)10-8-12(16(5,6)19)13(20-7)9-11(10)15(3,4)18/h8-9,17-19H,1-7H3.